The Morgan fingerprint density at radius 1 is 0.980 bits per heavy atom. The van der Waals surface area contributed by atoms with Crippen LogP contribution >= 0.6 is 11.6 Å². The number of halogens is 1. The van der Waals surface area contributed by atoms with Gasteiger partial charge in [0.25, 0.3) is 0 Å². The number of amides is 2. The van der Waals surface area contributed by atoms with Crippen LogP contribution in [0.4, 0.5) is 15.3 Å². The SMILES string of the molecule is COC(=O)c1cccc(Oc2ccc3c(c2NC(=O)OCc2ccccc2)C[C@@H](N(C[C@H](O)c2cccc(Cl)c2)C(=O)OC(C)(C)C)CC3)c1. The smallest absolute Gasteiger partial charge is 0.412 e. The van der Waals surface area contributed by atoms with Gasteiger partial charge in [-0.2, -0.15) is 0 Å². The third kappa shape index (κ3) is 9.55. The summed E-state index contributed by atoms with van der Waals surface area (Å²) in [7, 11) is 1.30. The van der Waals surface area contributed by atoms with E-state index < -0.39 is 35.9 Å². The lowest BCUT2D eigenvalue weighted by Crippen LogP contribution is -2.47. The lowest BCUT2D eigenvalue weighted by atomic mass is 9.85. The molecule has 0 unspecified atom stereocenters. The van der Waals surface area contributed by atoms with E-state index in [4.69, 9.17) is 30.5 Å². The van der Waals surface area contributed by atoms with E-state index in [1.165, 1.54) is 7.11 Å². The number of aliphatic hydroxyl groups excluding tert-OH is 1. The van der Waals surface area contributed by atoms with Crippen molar-refractivity contribution in [3.8, 4) is 11.5 Å². The van der Waals surface area contributed by atoms with Crippen LogP contribution in [0.1, 0.15) is 65.9 Å². The summed E-state index contributed by atoms with van der Waals surface area (Å²) in [4.78, 5) is 40.8. The number of fused-ring (bicyclic) bond motifs is 1. The highest BCUT2D eigenvalue weighted by molar-refractivity contribution is 6.30. The van der Waals surface area contributed by atoms with Gasteiger partial charge in [0, 0.05) is 11.1 Å². The number of aliphatic hydroxyl groups is 1. The lowest BCUT2D eigenvalue weighted by molar-refractivity contribution is 0.00195. The van der Waals surface area contributed by atoms with Crippen molar-refractivity contribution in [1.29, 1.82) is 0 Å². The van der Waals surface area contributed by atoms with Crippen molar-refractivity contribution in [1.82, 2.24) is 4.90 Å². The molecule has 0 bridgehead atoms. The molecule has 5 rings (SSSR count). The van der Waals surface area contributed by atoms with Gasteiger partial charge in [-0.05, 0) is 98.7 Å². The number of nitrogens with zero attached hydrogens (tertiary/aromatic N) is 1. The van der Waals surface area contributed by atoms with E-state index in [-0.39, 0.29) is 13.2 Å². The number of methoxy groups -OCH3 is 1. The van der Waals surface area contributed by atoms with Crippen molar-refractivity contribution >= 4 is 35.4 Å². The molecule has 0 aliphatic heterocycles. The van der Waals surface area contributed by atoms with E-state index in [2.05, 4.69) is 5.32 Å². The van der Waals surface area contributed by atoms with E-state index in [9.17, 15) is 19.5 Å². The molecule has 262 valence electrons. The number of benzene rings is 4. The van der Waals surface area contributed by atoms with Crippen LogP contribution in [-0.4, -0.2) is 53.5 Å². The molecule has 0 aromatic heterocycles. The van der Waals surface area contributed by atoms with Gasteiger partial charge in [-0.15, -0.1) is 0 Å². The molecule has 2 N–H and O–H groups in total. The molecule has 0 radical (unpaired) electrons. The molecule has 2 amide bonds. The van der Waals surface area contributed by atoms with Gasteiger partial charge >= 0.3 is 18.2 Å². The van der Waals surface area contributed by atoms with Crippen molar-refractivity contribution in [3.05, 3.63) is 124 Å². The highest BCUT2D eigenvalue weighted by Crippen LogP contribution is 2.40. The molecule has 0 fully saturated rings. The van der Waals surface area contributed by atoms with Gasteiger partial charge in [-0.25, -0.2) is 14.4 Å². The van der Waals surface area contributed by atoms with Gasteiger partial charge in [-0.3, -0.25) is 5.32 Å². The number of nitrogens with one attached hydrogen (secondary N) is 1. The Kier molecular flexibility index (Phi) is 11.7. The Balaban J connectivity index is 1.48. The summed E-state index contributed by atoms with van der Waals surface area (Å²) in [5.41, 5.74) is 2.97. The summed E-state index contributed by atoms with van der Waals surface area (Å²) in [6.07, 6.45) is -0.852. The fourth-order valence-corrected chi connectivity index (χ4v) is 5.97. The number of esters is 1. The molecular formula is C39H41ClN2O8. The fraction of sp³-hybridized carbons (Fsp3) is 0.308. The number of hydrogen-bond donors (Lipinski definition) is 2. The molecule has 11 heteroatoms. The van der Waals surface area contributed by atoms with E-state index in [0.717, 1.165) is 16.7 Å². The van der Waals surface area contributed by atoms with Gasteiger partial charge in [0.2, 0.25) is 0 Å². The molecule has 1 aliphatic carbocycles. The predicted octanol–water partition coefficient (Wildman–Crippen LogP) is 8.50. The quantitative estimate of drug-likeness (QED) is 0.125. The molecule has 50 heavy (non-hydrogen) atoms. The Morgan fingerprint density at radius 3 is 2.46 bits per heavy atom. The zero-order valence-corrected chi connectivity index (χ0v) is 29.2. The summed E-state index contributed by atoms with van der Waals surface area (Å²) >= 11 is 6.20. The minimum absolute atomic E-state index is 0.0480. The van der Waals surface area contributed by atoms with Crippen LogP contribution in [-0.2, 0) is 33.7 Å². The van der Waals surface area contributed by atoms with Crippen LogP contribution in [0, 0.1) is 0 Å². The average molecular weight is 701 g/mol. The van der Waals surface area contributed by atoms with Crippen molar-refractivity contribution in [2.24, 2.45) is 0 Å². The molecule has 2 atom stereocenters. The van der Waals surface area contributed by atoms with Crippen LogP contribution in [0.25, 0.3) is 0 Å². The van der Waals surface area contributed by atoms with Crippen LogP contribution in [0.2, 0.25) is 5.02 Å². The second-order valence-corrected chi connectivity index (χ2v) is 13.4. The Bertz CT molecular complexity index is 1820. The Hall–Kier alpha value is -5.06. The zero-order valence-electron chi connectivity index (χ0n) is 28.5. The largest absolute Gasteiger partial charge is 0.465 e. The van der Waals surface area contributed by atoms with E-state index in [0.29, 0.717) is 52.6 Å². The maximum Gasteiger partial charge on any atom is 0.412 e. The van der Waals surface area contributed by atoms with Gasteiger partial charge in [0.1, 0.15) is 18.0 Å². The predicted molar refractivity (Wildman–Crippen MR) is 190 cm³/mol. The normalized spacial score (nSPS) is 14.5. The molecule has 0 spiro atoms. The first-order chi connectivity index (χ1) is 23.9. The first kappa shape index (κ1) is 36.2. The summed E-state index contributed by atoms with van der Waals surface area (Å²) < 4.78 is 22.5. The van der Waals surface area contributed by atoms with Crippen LogP contribution in [0.5, 0.6) is 11.5 Å². The third-order valence-electron chi connectivity index (χ3n) is 8.15. The van der Waals surface area contributed by atoms with E-state index in [1.807, 2.05) is 36.4 Å². The highest BCUT2D eigenvalue weighted by atomic mass is 35.5. The van der Waals surface area contributed by atoms with Gasteiger partial charge in [0.05, 0.1) is 31.0 Å². The number of carbonyl (C=O) groups excluding carboxylic acids is 3. The molecule has 10 nitrogen and oxygen atoms in total. The molecular weight excluding hydrogens is 660 g/mol. The van der Waals surface area contributed by atoms with E-state index >= 15 is 0 Å². The molecule has 4 aromatic carbocycles. The number of rotatable bonds is 10. The second kappa shape index (κ2) is 16.1. The first-order valence-corrected chi connectivity index (χ1v) is 16.7. The van der Waals surface area contributed by atoms with Crippen LogP contribution < -0.4 is 10.1 Å². The summed E-state index contributed by atoms with van der Waals surface area (Å²) in [5, 5.41) is 14.6. The Labute approximate surface area is 296 Å². The van der Waals surface area contributed by atoms with Gasteiger partial charge < -0.3 is 29.0 Å². The van der Waals surface area contributed by atoms with Crippen molar-refractivity contribution < 1.29 is 38.4 Å². The van der Waals surface area contributed by atoms with Gasteiger partial charge in [0.15, 0.2) is 5.75 Å². The Morgan fingerprint density at radius 2 is 1.74 bits per heavy atom. The minimum Gasteiger partial charge on any atom is -0.465 e. The maximum absolute atomic E-state index is 13.7. The first-order valence-electron chi connectivity index (χ1n) is 16.3. The maximum atomic E-state index is 13.7. The molecule has 0 saturated carbocycles. The summed E-state index contributed by atoms with van der Waals surface area (Å²) in [6, 6.07) is 26.0. The monoisotopic (exact) mass is 700 g/mol. The topological polar surface area (TPSA) is 124 Å². The summed E-state index contributed by atoms with van der Waals surface area (Å²) in [5.74, 6) is 0.139. The standard InChI is InChI=1S/C39H41ClN2O8/c1-39(2,3)50-38(46)42(23-33(43)27-12-8-14-29(40)20-27)30-18-16-26-17-19-34(49-31-15-9-13-28(21-31)36(44)47-4)35(32(26)22-30)41-37(45)48-24-25-10-6-5-7-11-25/h5-15,17,19-21,30,33,43H,16,18,22-24H2,1-4H3,(H,41,45)/t30-,33-/m0/s1. The lowest BCUT2D eigenvalue weighted by Gasteiger charge is -2.38. The minimum atomic E-state index is -1.04. The molecule has 4 aromatic rings. The second-order valence-electron chi connectivity index (χ2n) is 13.0. The third-order valence-corrected chi connectivity index (χ3v) is 8.39. The molecule has 1 aliphatic rings. The number of hydrogen-bond acceptors (Lipinski definition) is 8. The summed E-state index contributed by atoms with van der Waals surface area (Å²) in [6.45, 7) is 5.36. The number of carbonyl (C=O) groups is 3. The zero-order chi connectivity index (χ0) is 35.8. The van der Waals surface area contributed by atoms with E-state index in [1.54, 1.807) is 80.3 Å². The average Bonchev–Trinajstić information content (AvgIpc) is 3.09. The highest BCUT2D eigenvalue weighted by Gasteiger charge is 2.34. The number of anilines is 1. The van der Waals surface area contributed by atoms with Crippen molar-refractivity contribution in [3.63, 3.8) is 0 Å². The number of ether oxygens (including phenoxy) is 4. The molecule has 0 saturated heterocycles. The van der Waals surface area contributed by atoms with Crippen molar-refractivity contribution in [2.75, 3.05) is 19.0 Å². The fourth-order valence-electron chi connectivity index (χ4n) is 5.78. The van der Waals surface area contributed by atoms with Gasteiger partial charge in [-0.1, -0.05) is 66.2 Å². The van der Waals surface area contributed by atoms with Crippen molar-refractivity contribution in [2.45, 2.75) is 64.4 Å². The molecule has 0 heterocycles. The number of aryl methyl sites for hydroxylation is 1. The van der Waals surface area contributed by atoms with Crippen LogP contribution in [0.3, 0.4) is 0 Å². The van der Waals surface area contributed by atoms with Crippen LogP contribution in [0.15, 0.2) is 91.0 Å².